The molecule has 0 aliphatic carbocycles. The Morgan fingerprint density at radius 1 is 1.22 bits per heavy atom. The van der Waals surface area contributed by atoms with Gasteiger partial charge in [0.1, 0.15) is 18.0 Å². The van der Waals surface area contributed by atoms with Crippen molar-refractivity contribution in [3.05, 3.63) is 47.4 Å². The number of amides is 1. The number of carbonyl (C=O) groups is 1. The summed E-state index contributed by atoms with van der Waals surface area (Å²) in [5, 5.41) is 0. The molecule has 27 heavy (non-hydrogen) atoms. The number of hydrogen-bond donors (Lipinski definition) is 0. The summed E-state index contributed by atoms with van der Waals surface area (Å²) in [4.78, 5) is 22.8. The zero-order chi connectivity index (χ0) is 19.4. The minimum atomic E-state index is -0.513. The minimum Gasteiger partial charge on any atom is -0.495 e. The topological polar surface area (TPSA) is 73.8 Å². The van der Waals surface area contributed by atoms with Crippen molar-refractivity contribution in [2.45, 2.75) is 45.9 Å². The minimum absolute atomic E-state index is 0.311. The van der Waals surface area contributed by atoms with Gasteiger partial charge in [-0.2, -0.15) is 0 Å². The Labute approximate surface area is 159 Å². The van der Waals surface area contributed by atoms with E-state index in [1.165, 1.54) is 0 Å². The van der Waals surface area contributed by atoms with Crippen molar-refractivity contribution >= 4 is 6.09 Å². The molecule has 144 valence electrons. The highest BCUT2D eigenvalue weighted by molar-refractivity contribution is 5.68. The Morgan fingerprint density at radius 3 is 2.70 bits per heavy atom. The molecule has 3 heterocycles. The lowest BCUT2D eigenvalue weighted by molar-refractivity contribution is 0.0220. The van der Waals surface area contributed by atoms with Gasteiger partial charge >= 0.3 is 6.09 Å². The van der Waals surface area contributed by atoms with Gasteiger partial charge in [0.25, 0.3) is 0 Å². The number of ether oxygens (including phenoxy) is 3. The van der Waals surface area contributed by atoms with E-state index in [-0.39, 0.29) is 6.09 Å². The summed E-state index contributed by atoms with van der Waals surface area (Å²) in [7, 11) is 1.60. The first-order chi connectivity index (χ1) is 12.8. The van der Waals surface area contributed by atoms with Gasteiger partial charge in [-0.25, -0.2) is 9.78 Å². The van der Waals surface area contributed by atoms with E-state index in [2.05, 4.69) is 9.97 Å². The van der Waals surface area contributed by atoms with E-state index in [1.54, 1.807) is 18.2 Å². The van der Waals surface area contributed by atoms with E-state index in [0.29, 0.717) is 31.3 Å². The van der Waals surface area contributed by atoms with Crippen LogP contribution in [-0.4, -0.2) is 40.2 Å². The van der Waals surface area contributed by atoms with Crippen LogP contribution in [0.1, 0.15) is 37.7 Å². The number of fused-ring (bicyclic) bond motifs is 1. The Bertz CT molecular complexity index is 800. The summed E-state index contributed by atoms with van der Waals surface area (Å²) in [5.74, 6) is 1.21. The second kappa shape index (κ2) is 7.82. The smallest absolute Gasteiger partial charge is 0.410 e. The average Bonchev–Trinajstić information content (AvgIpc) is 2.64. The number of hydrogen-bond acceptors (Lipinski definition) is 6. The van der Waals surface area contributed by atoms with Crippen LogP contribution in [0.4, 0.5) is 4.79 Å². The highest BCUT2D eigenvalue weighted by Gasteiger charge is 2.26. The van der Waals surface area contributed by atoms with Crippen molar-refractivity contribution < 1.29 is 19.0 Å². The molecule has 7 heteroatoms. The molecule has 1 amide bonds. The maximum absolute atomic E-state index is 12.3. The van der Waals surface area contributed by atoms with Crippen LogP contribution in [0, 0.1) is 0 Å². The van der Waals surface area contributed by atoms with Crippen LogP contribution in [0.25, 0.3) is 0 Å². The van der Waals surface area contributed by atoms with Gasteiger partial charge in [-0.05, 0) is 44.9 Å². The fraction of sp³-hybridized carbons (Fsp3) is 0.450. The zero-order valence-electron chi connectivity index (χ0n) is 16.2. The van der Waals surface area contributed by atoms with Crippen LogP contribution < -0.4 is 9.47 Å². The number of pyridine rings is 2. The van der Waals surface area contributed by atoms with E-state index in [9.17, 15) is 4.79 Å². The van der Waals surface area contributed by atoms with E-state index in [4.69, 9.17) is 14.2 Å². The molecule has 2 aromatic heterocycles. The average molecular weight is 371 g/mol. The van der Waals surface area contributed by atoms with Gasteiger partial charge in [-0.15, -0.1) is 0 Å². The van der Waals surface area contributed by atoms with Gasteiger partial charge < -0.3 is 19.1 Å². The molecule has 0 saturated heterocycles. The Kier molecular flexibility index (Phi) is 5.48. The lowest BCUT2D eigenvalue weighted by atomic mass is 10.1. The molecule has 3 rings (SSSR count). The highest BCUT2D eigenvalue weighted by atomic mass is 16.6. The number of rotatable bonds is 4. The van der Waals surface area contributed by atoms with Crippen LogP contribution in [0.5, 0.6) is 11.6 Å². The Morgan fingerprint density at radius 2 is 2.04 bits per heavy atom. The van der Waals surface area contributed by atoms with Crippen LogP contribution in [-0.2, 0) is 24.3 Å². The first kappa shape index (κ1) is 18.9. The van der Waals surface area contributed by atoms with Crippen LogP contribution in [0.3, 0.4) is 0 Å². The fourth-order valence-corrected chi connectivity index (χ4v) is 2.72. The third kappa shape index (κ3) is 5.09. The second-order valence-electron chi connectivity index (χ2n) is 7.39. The molecular weight excluding hydrogens is 346 g/mol. The van der Waals surface area contributed by atoms with E-state index in [0.717, 1.165) is 23.4 Å². The lowest BCUT2D eigenvalue weighted by Gasteiger charge is -2.30. The molecular formula is C20H25N3O4. The fourth-order valence-electron chi connectivity index (χ4n) is 2.72. The first-order valence-electron chi connectivity index (χ1n) is 8.92. The van der Waals surface area contributed by atoms with Crippen molar-refractivity contribution in [3.8, 4) is 11.6 Å². The summed E-state index contributed by atoms with van der Waals surface area (Å²) in [6, 6.07) is 7.54. The number of methoxy groups -OCH3 is 1. The van der Waals surface area contributed by atoms with Crippen molar-refractivity contribution in [2.75, 3.05) is 13.7 Å². The molecule has 0 unspecified atom stereocenters. The van der Waals surface area contributed by atoms with Gasteiger partial charge in [0.05, 0.1) is 31.2 Å². The van der Waals surface area contributed by atoms with E-state index >= 15 is 0 Å². The maximum Gasteiger partial charge on any atom is 0.410 e. The number of aromatic nitrogens is 2. The van der Waals surface area contributed by atoms with Gasteiger partial charge in [0, 0.05) is 12.6 Å². The maximum atomic E-state index is 12.3. The molecule has 0 fully saturated rings. The van der Waals surface area contributed by atoms with Gasteiger partial charge in [-0.1, -0.05) is 6.07 Å². The molecule has 2 aromatic rings. The summed E-state index contributed by atoms with van der Waals surface area (Å²) < 4.78 is 16.3. The molecule has 0 N–H and O–H groups in total. The summed E-state index contributed by atoms with van der Waals surface area (Å²) in [6.07, 6.45) is 2.09. The third-order valence-electron chi connectivity index (χ3n) is 4.09. The summed E-state index contributed by atoms with van der Waals surface area (Å²) in [5.41, 5.74) is 2.24. The van der Waals surface area contributed by atoms with Crippen molar-refractivity contribution in [2.24, 2.45) is 0 Å². The standard InChI is InChI=1S/C20H25N3O4/c1-20(2,3)27-19(24)23-10-9-14-5-8-18(22-17(14)12-23)26-13-15-6-7-16(25-4)11-21-15/h5-8,11H,9-10,12-13H2,1-4H3. The third-order valence-corrected chi connectivity index (χ3v) is 4.09. The largest absolute Gasteiger partial charge is 0.495 e. The SMILES string of the molecule is COc1ccc(COc2ccc3c(n2)CN(C(=O)OC(C)(C)C)CC3)nc1. The van der Waals surface area contributed by atoms with E-state index < -0.39 is 5.60 Å². The van der Waals surface area contributed by atoms with Gasteiger partial charge in [-0.3, -0.25) is 4.98 Å². The van der Waals surface area contributed by atoms with Crippen molar-refractivity contribution in [1.82, 2.24) is 14.9 Å². The molecule has 1 aliphatic rings. The summed E-state index contributed by atoms with van der Waals surface area (Å²) >= 11 is 0. The lowest BCUT2D eigenvalue weighted by Crippen LogP contribution is -2.40. The molecule has 0 spiro atoms. The van der Waals surface area contributed by atoms with Gasteiger partial charge in [0.15, 0.2) is 0 Å². The first-order valence-corrected chi connectivity index (χ1v) is 8.92. The molecule has 1 aliphatic heterocycles. The molecule has 0 radical (unpaired) electrons. The van der Waals surface area contributed by atoms with Crippen LogP contribution >= 0.6 is 0 Å². The zero-order valence-corrected chi connectivity index (χ0v) is 16.2. The predicted octanol–water partition coefficient (Wildman–Crippen LogP) is 3.36. The quantitative estimate of drug-likeness (QED) is 0.820. The van der Waals surface area contributed by atoms with Crippen LogP contribution in [0.2, 0.25) is 0 Å². The Balaban J connectivity index is 1.63. The molecule has 0 aromatic carbocycles. The monoisotopic (exact) mass is 371 g/mol. The Hall–Kier alpha value is -2.83. The van der Waals surface area contributed by atoms with Crippen molar-refractivity contribution in [3.63, 3.8) is 0 Å². The normalized spacial score (nSPS) is 13.7. The second-order valence-corrected chi connectivity index (χ2v) is 7.39. The molecule has 7 nitrogen and oxygen atoms in total. The van der Waals surface area contributed by atoms with Crippen LogP contribution in [0.15, 0.2) is 30.5 Å². The molecule has 0 bridgehead atoms. The number of carbonyl (C=O) groups excluding carboxylic acids is 1. The number of nitrogens with zero attached hydrogens (tertiary/aromatic N) is 3. The van der Waals surface area contributed by atoms with E-state index in [1.807, 2.05) is 45.0 Å². The van der Waals surface area contributed by atoms with Crippen molar-refractivity contribution in [1.29, 1.82) is 0 Å². The molecule has 0 saturated carbocycles. The van der Waals surface area contributed by atoms with Gasteiger partial charge in [0.2, 0.25) is 5.88 Å². The molecule has 0 atom stereocenters. The highest BCUT2D eigenvalue weighted by Crippen LogP contribution is 2.22. The predicted molar refractivity (Wildman–Crippen MR) is 99.7 cm³/mol. The summed E-state index contributed by atoms with van der Waals surface area (Å²) in [6.45, 7) is 6.94.